The summed E-state index contributed by atoms with van der Waals surface area (Å²) < 4.78 is 35.4. The van der Waals surface area contributed by atoms with E-state index in [0.29, 0.717) is 11.4 Å². The van der Waals surface area contributed by atoms with Crippen LogP contribution in [0.4, 0.5) is 13.2 Å². The summed E-state index contributed by atoms with van der Waals surface area (Å²) in [5.41, 5.74) is 0.773. The van der Waals surface area contributed by atoms with Crippen LogP contribution in [-0.4, -0.2) is 18.6 Å². The Labute approximate surface area is 95.4 Å². The molecule has 1 N–H and O–H groups in total. The average molecular weight is 252 g/mol. The lowest BCUT2D eigenvalue weighted by molar-refractivity contribution is -0.173. The van der Waals surface area contributed by atoms with E-state index in [9.17, 15) is 18.0 Å². The van der Waals surface area contributed by atoms with Crippen LogP contribution in [0.2, 0.25) is 5.02 Å². The third-order valence-electron chi connectivity index (χ3n) is 1.85. The number of halogens is 4. The van der Waals surface area contributed by atoms with Gasteiger partial charge in [0.2, 0.25) is 0 Å². The summed E-state index contributed by atoms with van der Waals surface area (Å²) in [6.45, 7) is -0.0707. The first-order valence-corrected chi connectivity index (χ1v) is 4.87. The summed E-state index contributed by atoms with van der Waals surface area (Å²) >= 11 is 5.69. The number of hydrogen-bond acceptors (Lipinski definition) is 1. The van der Waals surface area contributed by atoms with Gasteiger partial charge in [0.05, 0.1) is 0 Å². The van der Waals surface area contributed by atoms with Crippen molar-refractivity contribution in [2.45, 2.75) is 12.6 Å². The van der Waals surface area contributed by atoms with E-state index in [1.165, 1.54) is 0 Å². The highest BCUT2D eigenvalue weighted by atomic mass is 35.5. The molecule has 0 aliphatic rings. The van der Waals surface area contributed by atoms with Crippen LogP contribution in [-0.2, 0) is 11.2 Å². The van der Waals surface area contributed by atoms with E-state index < -0.39 is 12.1 Å². The van der Waals surface area contributed by atoms with Crippen LogP contribution in [0.15, 0.2) is 24.3 Å². The fourth-order valence-electron chi connectivity index (χ4n) is 1.11. The lowest BCUT2D eigenvalue weighted by Gasteiger charge is -2.07. The summed E-state index contributed by atoms with van der Waals surface area (Å²) in [5, 5.41) is 2.30. The lowest BCUT2D eigenvalue weighted by Crippen LogP contribution is -2.37. The number of nitrogens with one attached hydrogen (secondary N) is 1. The minimum Gasteiger partial charge on any atom is -0.348 e. The van der Waals surface area contributed by atoms with E-state index in [0.717, 1.165) is 5.56 Å². The molecule has 0 aliphatic carbocycles. The van der Waals surface area contributed by atoms with Crippen molar-refractivity contribution >= 4 is 17.5 Å². The summed E-state index contributed by atoms with van der Waals surface area (Å²) in [4.78, 5) is 10.5. The quantitative estimate of drug-likeness (QED) is 0.879. The van der Waals surface area contributed by atoms with Gasteiger partial charge in [-0.25, -0.2) is 0 Å². The smallest absolute Gasteiger partial charge is 0.348 e. The second-order valence-corrected chi connectivity index (χ2v) is 3.57. The summed E-state index contributed by atoms with van der Waals surface area (Å²) in [6.07, 6.45) is -4.52. The number of carbonyl (C=O) groups is 1. The molecule has 0 aliphatic heterocycles. The second kappa shape index (κ2) is 5.21. The Bertz CT molecular complexity index is 379. The zero-order chi connectivity index (χ0) is 12.2. The largest absolute Gasteiger partial charge is 0.471 e. The number of amides is 1. The van der Waals surface area contributed by atoms with Crippen LogP contribution in [0.1, 0.15) is 5.56 Å². The highest BCUT2D eigenvalue weighted by Crippen LogP contribution is 2.14. The van der Waals surface area contributed by atoms with Crippen LogP contribution in [0.5, 0.6) is 0 Å². The molecule has 0 bridgehead atoms. The van der Waals surface area contributed by atoms with Gasteiger partial charge in [-0.2, -0.15) is 13.2 Å². The fraction of sp³-hybridized carbons (Fsp3) is 0.300. The van der Waals surface area contributed by atoms with Crippen LogP contribution < -0.4 is 5.32 Å². The molecule has 0 fully saturated rings. The van der Waals surface area contributed by atoms with Gasteiger partial charge in [0.1, 0.15) is 0 Å². The first kappa shape index (κ1) is 12.8. The van der Waals surface area contributed by atoms with E-state index >= 15 is 0 Å². The topological polar surface area (TPSA) is 29.1 Å². The van der Waals surface area contributed by atoms with E-state index in [1.54, 1.807) is 29.6 Å². The van der Waals surface area contributed by atoms with Gasteiger partial charge in [0.25, 0.3) is 0 Å². The molecule has 16 heavy (non-hydrogen) atoms. The highest BCUT2D eigenvalue weighted by molar-refractivity contribution is 6.30. The molecule has 0 spiro atoms. The van der Waals surface area contributed by atoms with Crippen molar-refractivity contribution in [3.63, 3.8) is 0 Å². The maximum Gasteiger partial charge on any atom is 0.471 e. The van der Waals surface area contributed by atoms with Gasteiger partial charge < -0.3 is 5.32 Å². The van der Waals surface area contributed by atoms with Crippen molar-refractivity contribution in [1.29, 1.82) is 0 Å². The van der Waals surface area contributed by atoms with Crippen LogP contribution in [0.3, 0.4) is 0 Å². The molecule has 1 aromatic rings. The molecule has 0 unspecified atom stereocenters. The number of hydrogen-bond donors (Lipinski definition) is 1. The molecule has 1 aromatic carbocycles. The van der Waals surface area contributed by atoms with Crippen LogP contribution >= 0.6 is 11.6 Å². The molecule has 0 saturated carbocycles. The Morgan fingerprint density at radius 3 is 2.62 bits per heavy atom. The van der Waals surface area contributed by atoms with Gasteiger partial charge in [0, 0.05) is 11.6 Å². The highest BCUT2D eigenvalue weighted by Gasteiger charge is 2.38. The number of benzene rings is 1. The van der Waals surface area contributed by atoms with Crippen molar-refractivity contribution in [3.8, 4) is 0 Å². The van der Waals surface area contributed by atoms with Crippen LogP contribution in [0, 0.1) is 0 Å². The molecule has 88 valence electrons. The third kappa shape index (κ3) is 4.10. The Morgan fingerprint density at radius 2 is 2.06 bits per heavy atom. The molecule has 0 atom stereocenters. The minimum absolute atomic E-state index is 0.0707. The maximum absolute atomic E-state index is 11.8. The van der Waals surface area contributed by atoms with Crippen molar-refractivity contribution in [2.75, 3.05) is 6.54 Å². The summed E-state index contributed by atoms with van der Waals surface area (Å²) in [7, 11) is 0. The Kier molecular flexibility index (Phi) is 4.18. The third-order valence-corrected chi connectivity index (χ3v) is 2.08. The fourth-order valence-corrected chi connectivity index (χ4v) is 1.33. The Morgan fingerprint density at radius 1 is 1.38 bits per heavy atom. The van der Waals surface area contributed by atoms with E-state index in [1.807, 2.05) is 0 Å². The lowest BCUT2D eigenvalue weighted by atomic mass is 10.1. The van der Waals surface area contributed by atoms with Crippen molar-refractivity contribution in [2.24, 2.45) is 0 Å². The first-order valence-electron chi connectivity index (χ1n) is 4.49. The van der Waals surface area contributed by atoms with Crippen molar-refractivity contribution in [1.82, 2.24) is 5.32 Å². The molecule has 1 amide bonds. The van der Waals surface area contributed by atoms with E-state index in [-0.39, 0.29) is 6.54 Å². The summed E-state index contributed by atoms with van der Waals surface area (Å²) in [5.74, 6) is -1.92. The van der Waals surface area contributed by atoms with Gasteiger partial charge in [-0.1, -0.05) is 23.7 Å². The van der Waals surface area contributed by atoms with Gasteiger partial charge in [-0.05, 0) is 24.1 Å². The van der Waals surface area contributed by atoms with E-state index in [2.05, 4.69) is 0 Å². The summed E-state index contributed by atoms with van der Waals surface area (Å²) in [6, 6.07) is 6.73. The molecule has 0 heterocycles. The van der Waals surface area contributed by atoms with Crippen molar-refractivity contribution in [3.05, 3.63) is 34.9 Å². The van der Waals surface area contributed by atoms with Crippen LogP contribution in [0.25, 0.3) is 0 Å². The zero-order valence-corrected chi connectivity index (χ0v) is 8.90. The standard InChI is InChI=1S/C10H9ClF3NO/c11-8-3-1-2-7(6-8)4-5-15-9(16)10(12,13)14/h1-3,6H,4-5H2,(H,15,16). The average Bonchev–Trinajstić information content (AvgIpc) is 2.16. The zero-order valence-electron chi connectivity index (χ0n) is 8.14. The van der Waals surface area contributed by atoms with Gasteiger partial charge >= 0.3 is 12.1 Å². The number of alkyl halides is 3. The predicted octanol–water partition coefficient (Wildman–Crippen LogP) is 2.56. The molecular weight excluding hydrogens is 243 g/mol. The minimum atomic E-state index is -4.83. The molecular formula is C10H9ClF3NO. The maximum atomic E-state index is 11.8. The molecule has 0 saturated heterocycles. The number of carbonyl (C=O) groups excluding carboxylic acids is 1. The molecule has 0 radical (unpaired) electrons. The second-order valence-electron chi connectivity index (χ2n) is 3.13. The normalized spacial score (nSPS) is 11.2. The van der Waals surface area contributed by atoms with Crippen molar-refractivity contribution < 1.29 is 18.0 Å². The van der Waals surface area contributed by atoms with E-state index in [4.69, 9.17) is 11.6 Å². The van der Waals surface area contributed by atoms with Gasteiger partial charge in [-0.3, -0.25) is 4.79 Å². The molecule has 6 heteroatoms. The predicted molar refractivity (Wildman–Crippen MR) is 54.2 cm³/mol. The SMILES string of the molecule is O=C(NCCc1cccc(Cl)c1)C(F)(F)F. The Hall–Kier alpha value is -1.23. The van der Waals surface area contributed by atoms with Gasteiger partial charge in [0.15, 0.2) is 0 Å². The number of rotatable bonds is 3. The molecule has 0 aromatic heterocycles. The van der Waals surface area contributed by atoms with Gasteiger partial charge in [-0.15, -0.1) is 0 Å². The Balaban J connectivity index is 2.39. The first-order chi connectivity index (χ1) is 7.39. The monoisotopic (exact) mass is 251 g/mol. The molecule has 1 rings (SSSR count). The molecule has 2 nitrogen and oxygen atoms in total.